The number of aryl methyl sites for hydroxylation is 1. The van der Waals surface area contributed by atoms with Crippen LogP contribution in [0.25, 0.3) is 11.0 Å². The first kappa shape index (κ1) is 60.3. The minimum atomic E-state index is -1.52. The van der Waals surface area contributed by atoms with Gasteiger partial charge in [-0.2, -0.15) is 9.97 Å². The maximum Gasteiger partial charge on any atom is 0.351 e. The van der Waals surface area contributed by atoms with Crippen LogP contribution in [0.3, 0.4) is 0 Å². The van der Waals surface area contributed by atoms with Gasteiger partial charge < -0.3 is 103 Å². The highest BCUT2D eigenvalue weighted by Crippen LogP contribution is 2.29. The number of carbonyl (C=O) groups is 5. The number of fused-ring (bicyclic) bond motifs is 1. The Balaban J connectivity index is 1.24. The van der Waals surface area contributed by atoms with E-state index in [9.17, 15) is 44.1 Å². The van der Waals surface area contributed by atoms with Gasteiger partial charge in [0, 0.05) is 62.4 Å². The van der Waals surface area contributed by atoms with E-state index in [1.165, 1.54) is 27.8 Å². The van der Waals surface area contributed by atoms with Crippen LogP contribution >= 0.6 is 21.6 Å². The summed E-state index contributed by atoms with van der Waals surface area (Å²) in [6.45, 7) is 0.158. The molecule has 5 amide bonds. The first-order valence-corrected chi connectivity index (χ1v) is 26.1. The number of nitrogen functional groups attached to an aromatic ring is 2. The molecule has 1 aliphatic heterocycles. The lowest BCUT2D eigenvalue weighted by Gasteiger charge is -2.46. The zero-order valence-corrected chi connectivity index (χ0v) is 41.9. The molecular weight excluding hydrogens is 1000 g/mol. The number of aromatic nitrogens is 4. The number of primary amides is 2. The van der Waals surface area contributed by atoms with Gasteiger partial charge >= 0.3 is 5.69 Å². The van der Waals surface area contributed by atoms with Crippen LogP contribution in [-0.4, -0.2) is 181 Å². The number of amides is 5. The third kappa shape index (κ3) is 18.3. The van der Waals surface area contributed by atoms with E-state index in [-0.39, 0.29) is 92.9 Å². The average Bonchev–Trinajstić information content (AvgIpc) is 3.32. The van der Waals surface area contributed by atoms with Gasteiger partial charge in [0.1, 0.15) is 54.5 Å². The maximum absolute atomic E-state index is 13.7. The quantitative estimate of drug-likeness (QED) is 0.0150. The standard InChI is InChI=1S/C41H72N18O12S2/c42-15-24-29(63)30(64)27(46)38(70-24)71-31-20(44)13-19(43)28(62)32(31)69-11-3-1-2-4-12-72-73-17-23(34(48)65)56-36(66)21(7-5-9-52-39(49)50)55-37(67)22(14-25(45)60)54-26(61)8-6-10-59-35-18(16-53-40(51)58-35)33(47)57-41(59)68/h16,19-24,27-32,38,62-64H,1-15,17,42-44,46H2,(H2,45,60)(H2,48,65)(H,54,61)(H,55,67)(H,56,66)(H2,47,57,68)(H4,49,50,52)(H2,51,53,58)/t19-,20+,21+,22+,23+,24-,27-,28+,29-,30-,31-,32-,38-/m1/s1. The van der Waals surface area contributed by atoms with Crippen LogP contribution in [0, 0.1) is 0 Å². The van der Waals surface area contributed by atoms with Gasteiger partial charge in [-0.1, -0.05) is 34.4 Å². The lowest BCUT2D eigenvalue weighted by molar-refractivity contribution is -0.291. The van der Waals surface area contributed by atoms with Gasteiger partial charge in [0.05, 0.1) is 24.0 Å². The van der Waals surface area contributed by atoms with Crippen molar-refractivity contribution >= 4 is 79.9 Å². The molecule has 0 spiro atoms. The number of rotatable bonds is 30. The lowest BCUT2D eigenvalue weighted by atomic mass is 9.84. The number of aliphatic hydroxyl groups excluding tert-OH is 3. The fraction of sp³-hybridized carbons (Fsp3) is 0.707. The molecule has 13 atom stereocenters. The second kappa shape index (κ2) is 29.6. The van der Waals surface area contributed by atoms with Crippen molar-refractivity contribution in [2.45, 2.75) is 150 Å². The number of hydrogen-bond acceptors (Lipinski definition) is 24. The molecule has 3 heterocycles. The van der Waals surface area contributed by atoms with Crippen LogP contribution in [0.5, 0.6) is 0 Å². The highest BCUT2D eigenvalue weighted by atomic mass is 33.1. The topological polar surface area (TPSA) is 543 Å². The van der Waals surface area contributed by atoms with Gasteiger partial charge in [0.25, 0.3) is 0 Å². The highest BCUT2D eigenvalue weighted by Gasteiger charge is 2.49. The van der Waals surface area contributed by atoms with Crippen LogP contribution in [0.4, 0.5) is 11.8 Å². The molecule has 0 radical (unpaired) electrons. The van der Waals surface area contributed by atoms with Gasteiger partial charge in [-0.3, -0.25) is 33.5 Å². The molecule has 1 aliphatic carbocycles. The summed E-state index contributed by atoms with van der Waals surface area (Å²) in [7, 11) is 2.75. The summed E-state index contributed by atoms with van der Waals surface area (Å²) >= 11 is 0. The molecule has 0 unspecified atom stereocenters. The molecule has 410 valence electrons. The van der Waals surface area contributed by atoms with Crippen molar-refractivity contribution in [1.82, 2.24) is 35.5 Å². The van der Waals surface area contributed by atoms with Crippen LogP contribution in [0.1, 0.15) is 64.2 Å². The largest absolute Gasteiger partial charge is 0.389 e. The highest BCUT2D eigenvalue weighted by molar-refractivity contribution is 8.76. The molecule has 1 saturated heterocycles. The van der Waals surface area contributed by atoms with Crippen molar-refractivity contribution in [2.75, 3.05) is 42.7 Å². The smallest absolute Gasteiger partial charge is 0.351 e. The summed E-state index contributed by atoms with van der Waals surface area (Å²) in [6.07, 6.45) is -3.95. The van der Waals surface area contributed by atoms with Crippen molar-refractivity contribution in [3.63, 3.8) is 0 Å². The fourth-order valence-electron chi connectivity index (χ4n) is 7.95. The minimum absolute atomic E-state index is 0.0381. The van der Waals surface area contributed by atoms with Crippen molar-refractivity contribution < 1.29 is 53.5 Å². The number of nitrogens with zero attached hydrogens (tertiary/aromatic N) is 5. The van der Waals surface area contributed by atoms with Crippen LogP contribution < -0.4 is 79.0 Å². The first-order chi connectivity index (χ1) is 34.6. The Morgan fingerprint density at radius 2 is 1.55 bits per heavy atom. The molecule has 2 aliphatic rings. The summed E-state index contributed by atoms with van der Waals surface area (Å²) in [4.78, 5) is 93.1. The van der Waals surface area contributed by atoms with Gasteiger partial charge in [0.2, 0.25) is 35.5 Å². The second-order valence-corrected chi connectivity index (χ2v) is 20.2. The van der Waals surface area contributed by atoms with Gasteiger partial charge in [-0.15, -0.1) is 0 Å². The summed E-state index contributed by atoms with van der Waals surface area (Å²) < 4.78 is 19.0. The van der Waals surface area contributed by atoms with E-state index < -0.39 is 121 Å². The van der Waals surface area contributed by atoms with E-state index >= 15 is 0 Å². The maximum atomic E-state index is 13.7. The van der Waals surface area contributed by atoms with Crippen molar-refractivity contribution in [2.24, 2.45) is 50.9 Å². The number of unbranched alkanes of at least 4 members (excludes halogenated alkanes) is 3. The van der Waals surface area contributed by atoms with Crippen molar-refractivity contribution in [3.05, 3.63) is 16.7 Å². The fourth-order valence-corrected chi connectivity index (χ4v) is 10.3. The Morgan fingerprint density at radius 3 is 2.23 bits per heavy atom. The molecule has 30 nitrogen and oxygen atoms in total. The summed E-state index contributed by atoms with van der Waals surface area (Å²) in [5, 5.41) is 39.4. The molecule has 2 fully saturated rings. The predicted octanol–water partition coefficient (Wildman–Crippen LogP) is -7.14. The molecule has 32 heteroatoms. The number of aliphatic imine (C=N–C) groups is 1. The molecule has 2 aromatic heterocycles. The second-order valence-electron chi connectivity index (χ2n) is 17.6. The van der Waals surface area contributed by atoms with Crippen LogP contribution in [0.2, 0.25) is 0 Å². The van der Waals surface area contributed by atoms with Crippen LogP contribution in [0.15, 0.2) is 16.0 Å². The zero-order valence-electron chi connectivity index (χ0n) is 40.2. The normalized spacial score (nSPS) is 25.2. The number of carbonyl (C=O) groups excluding carboxylic acids is 5. The van der Waals surface area contributed by atoms with E-state index in [1.807, 2.05) is 0 Å². The Hall–Kier alpha value is -5.26. The van der Waals surface area contributed by atoms with E-state index in [0.717, 1.165) is 23.8 Å². The number of aliphatic hydroxyl groups is 3. The monoisotopic (exact) mass is 1070 g/mol. The number of nitrogens with two attached hydrogens (primary N) is 10. The molecule has 1 saturated carbocycles. The number of anilines is 2. The molecule has 2 aromatic rings. The number of hydrogen-bond donors (Lipinski definition) is 16. The van der Waals surface area contributed by atoms with E-state index in [1.54, 1.807) is 0 Å². The molecule has 0 aromatic carbocycles. The molecule has 73 heavy (non-hydrogen) atoms. The summed E-state index contributed by atoms with van der Waals surface area (Å²) in [6, 6.07) is -6.45. The number of nitrogens with one attached hydrogen (secondary N) is 3. The Kier molecular flexibility index (Phi) is 24.4. The number of ether oxygens (including phenoxy) is 3. The number of guanidine groups is 1. The van der Waals surface area contributed by atoms with E-state index in [2.05, 4.69) is 35.9 Å². The third-order valence-corrected chi connectivity index (χ3v) is 14.4. The van der Waals surface area contributed by atoms with Gasteiger partial charge in [0.15, 0.2) is 17.9 Å². The zero-order chi connectivity index (χ0) is 53.9. The third-order valence-electron chi connectivity index (χ3n) is 11.9. The minimum Gasteiger partial charge on any atom is -0.389 e. The van der Waals surface area contributed by atoms with Gasteiger partial charge in [-0.25, -0.2) is 9.78 Å². The predicted molar refractivity (Wildman–Crippen MR) is 271 cm³/mol. The summed E-state index contributed by atoms with van der Waals surface area (Å²) in [5.74, 6) is -3.87. The van der Waals surface area contributed by atoms with Crippen LogP contribution in [-0.2, 0) is 44.7 Å². The molecule has 26 N–H and O–H groups in total. The van der Waals surface area contributed by atoms with Gasteiger partial charge in [-0.05, 0) is 38.5 Å². The molecule has 0 bridgehead atoms. The SMILES string of the molecule is NC[C@H]1O[C@H](O[C@H]2[C@H](OCCCCCCSSC[C@H](NC(=O)[C@H](CCCN=C(N)N)NC(=O)[C@H](CC(N)=O)NC(=O)CCCn3c(=O)nc(N)c4cnc(N)nc43)C(N)=O)[C@@H](O)[C@H](N)C[C@@H]2N)[C@H](N)[C@@H](O)[C@@H]1O. The average molecular weight is 1070 g/mol. The molecular formula is C41H72N18O12S2. The lowest BCUT2D eigenvalue weighted by Crippen LogP contribution is -2.67. The van der Waals surface area contributed by atoms with Crippen molar-refractivity contribution in [3.8, 4) is 0 Å². The first-order valence-electron chi connectivity index (χ1n) is 23.6. The Morgan fingerprint density at radius 1 is 0.849 bits per heavy atom. The Bertz CT molecular complexity index is 2250. The Labute approximate surface area is 427 Å². The van der Waals surface area contributed by atoms with E-state index in [4.69, 9.17) is 71.5 Å². The van der Waals surface area contributed by atoms with E-state index in [0.29, 0.717) is 12.2 Å². The van der Waals surface area contributed by atoms with Crippen molar-refractivity contribution in [1.29, 1.82) is 0 Å². The summed E-state index contributed by atoms with van der Waals surface area (Å²) in [5.41, 5.74) is 57.2. The molecule has 4 rings (SSSR count).